The topological polar surface area (TPSA) is 132 Å². The van der Waals surface area contributed by atoms with Crippen molar-refractivity contribution < 1.29 is 40.1 Å². The highest BCUT2D eigenvalue weighted by Gasteiger charge is 2.37. The molecule has 3 rings (SSSR count). The summed E-state index contributed by atoms with van der Waals surface area (Å²) in [4.78, 5) is 36.7. The van der Waals surface area contributed by atoms with Crippen molar-refractivity contribution >= 4 is 21.5 Å². The fourth-order valence-electron chi connectivity index (χ4n) is 3.02. The number of carbonyl (C=O) groups is 2. The van der Waals surface area contributed by atoms with Crippen LogP contribution in [0.3, 0.4) is 0 Å². The Hall–Kier alpha value is -3.89. The molecular formula is C21H19F6N7O3S. The van der Waals surface area contributed by atoms with E-state index in [1.54, 1.807) is 6.92 Å². The lowest BCUT2D eigenvalue weighted by Gasteiger charge is -2.17. The third-order valence-electron chi connectivity index (χ3n) is 5.06. The number of hydrogen-bond donors (Lipinski definition) is 1. The number of halogens is 6. The summed E-state index contributed by atoms with van der Waals surface area (Å²) in [6.07, 6.45) is -6.91. The third kappa shape index (κ3) is 6.70. The fraction of sp³-hybridized carbons (Fsp3) is 0.333. The number of benzene rings is 1. The molecule has 0 aliphatic heterocycles. The maximum absolute atomic E-state index is 13.1. The van der Waals surface area contributed by atoms with Crippen molar-refractivity contribution in [1.29, 1.82) is 0 Å². The molecule has 0 radical (unpaired) electrons. The van der Waals surface area contributed by atoms with Gasteiger partial charge in [-0.2, -0.15) is 40.5 Å². The van der Waals surface area contributed by atoms with E-state index in [0.29, 0.717) is 12.1 Å². The second kappa shape index (κ2) is 10.5. The molecule has 0 saturated carbocycles. The largest absolute Gasteiger partial charge is 0.416 e. The average Bonchev–Trinajstić information content (AvgIpc) is 3.33. The molecule has 1 aromatic carbocycles. The fourth-order valence-corrected chi connectivity index (χ4v) is 3.59. The first-order valence-corrected chi connectivity index (χ1v) is 12.7. The molecule has 3 aromatic rings. The van der Waals surface area contributed by atoms with E-state index in [9.17, 15) is 40.1 Å². The molecule has 0 aliphatic carbocycles. The summed E-state index contributed by atoms with van der Waals surface area (Å²) in [5.74, 6) is -2.04. The van der Waals surface area contributed by atoms with Crippen molar-refractivity contribution in [2.24, 2.45) is 4.36 Å². The minimum Gasteiger partial charge on any atom is -0.342 e. The molecule has 2 heterocycles. The lowest BCUT2D eigenvalue weighted by molar-refractivity contribution is -0.143. The molecule has 0 saturated heterocycles. The Morgan fingerprint density at radius 1 is 1.00 bits per heavy atom. The maximum Gasteiger partial charge on any atom is 0.416 e. The molecule has 10 nitrogen and oxygen atoms in total. The van der Waals surface area contributed by atoms with E-state index in [2.05, 4.69) is 29.7 Å². The zero-order chi connectivity index (χ0) is 28.5. The van der Waals surface area contributed by atoms with Gasteiger partial charge in [-0.15, -0.1) is 0 Å². The van der Waals surface area contributed by atoms with Gasteiger partial charge in [-0.1, -0.05) is 6.92 Å². The first-order chi connectivity index (χ1) is 17.5. The number of aromatic nitrogens is 5. The summed E-state index contributed by atoms with van der Waals surface area (Å²) in [7, 11) is -2.78. The van der Waals surface area contributed by atoms with Crippen molar-refractivity contribution in [3.8, 4) is 5.82 Å². The molecule has 2 atom stereocenters. The van der Waals surface area contributed by atoms with Gasteiger partial charge in [0, 0.05) is 23.6 Å². The zero-order valence-corrected chi connectivity index (χ0v) is 20.6. The van der Waals surface area contributed by atoms with E-state index in [4.69, 9.17) is 0 Å². The summed E-state index contributed by atoms with van der Waals surface area (Å²) in [6, 6.07) is 0.578. The van der Waals surface area contributed by atoms with Crippen LogP contribution in [0.1, 0.15) is 57.7 Å². The van der Waals surface area contributed by atoms with Crippen LogP contribution in [0.25, 0.3) is 5.82 Å². The number of rotatable bonds is 6. The van der Waals surface area contributed by atoms with E-state index >= 15 is 0 Å². The van der Waals surface area contributed by atoms with Crippen LogP contribution in [-0.4, -0.2) is 52.8 Å². The summed E-state index contributed by atoms with van der Waals surface area (Å²) >= 11 is 0. The first-order valence-electron chi connectivity index (χ1n) is 10.6. The molecule has 2 aromatic heterocycles. The number of nitrogens with one attached hydrogen (secondary N) is 1. The van der Waals surface area contributed by atoms with Gasteiger partial charge in [-0.25, -0.2) is 19.2 Å². The standard InChI is InChI=1S/C21H19F6N7O3S/c1-4-38(3,37)33-19(36)15-8-16(29-9-28-15)34-17(30-10-31-34)11(2)32-18(35)12-5-13(20(22,23)24)7-14(6-12)21(25,26)27/h5-11H,4H2,1-3H3,(H,32,35)/t11-,38?/m0/s1. The van der Waals surface area contributed by atoms with E-state index < -0.39 is 56.6 Å². The van der Waals surface area contributed by atoms with Crippen molar-refractivity contribution in [2.75, 3.05) is 12.0 Å². The Labute approximate surface area is 211 Å². The Bertz CT molecular complexity index is 1460. The van der Waals surface area contributed by atoms with Crippen LogP contribution in [0.15, 0.2) is 41.3 Å². The average molecular weight is 563 g/mol. The zero-order valence-electron chi connectivity index (χ0n) is 19.8. The minimum atomic E-state index is -5.13. The molecule has 2 amide bonds. The summed E-state index contributed by atoms with van der Waals surface area (Å²) < 4.78 is 95.7. The molecular weight excluding hydrogens is 544 g/mol. The Morgan fingerprint density at radius 3 is 2.16 bits per heavy atom. The highest BCUT2D eigenvalue weighted by Crippen LogP contribution is 2.36. The predicted molar refractivity (Wildman–Crippen MR) is 121 cm³/mol. The quantitative estimate of drug-likeness (QED) is 0.451. The highest BCUT2D eigenvalue weighted by molar-refractivity contribution is 7.93. The molecule has 1 N–H and O–H groups in total. The maximum atomic E-state index is 13.1. The number of amides is 2. The van der Waals surface area contributed by atoms with E-state index in [-0.39, 0.29) is 29.2 Å². The number of hydrogen-bond acceptors (Lipinski definition) is 7. The van der Waals surface area contributed by atoms with Crippen molar-refractivity contribution in [3.63, 3.8) is 0 Å². The summed E-state index contributed by atoms with van der Waals surface area (Å²) in [5.41, 5.74) is -4.38. The van der Waals surface area contributed by atoms with Crippen LogP contribution in [0.2, 0.25) is 0 Å². The molecule has 0 fully saturated rings. The van der Waals surface area contributed by atoms with Gasteiger partial charge in [-0.3, -0.25) is 9.59 Å². The van der Waals surface area contributed by atoms with Gasteiger partial charge in [-0.05, 0) is 25.1 Å². The van der Waals surface area contributed by atoms with Crippen LogP contribution in [0.4, 0.5) is 26.3 Å². The molecule has 0 aliphatic rings. The molecule has 0 spiro atoms. The van der Waals surface area contributed by atoms with Crippen LogP contribution >= 0.6 is 0 Å². The molecule has 38 heavy (non-hydrogen) atoms. The monoisotopic (exact) mass is 563 g/mol. The number of nitrogens with zero attached hydrogens (tertiary/aromatic N) is 6. The van der Waals surface area contributed by atoms with Gasteiger partial charge in [0.15, 0.2) is 11.6 Å². The minimum absolute atomic E-state index is 0.0234. The SMILES string of the molecule is CCS(C)(=O)=NC(=O)c1cc(-n2ncnc2[C@H](C)NC(=O)c2cc(C(F)(F)F)cc(C(F)(F)F)c2)ncn1. The smallest absolute Gasteiger partial charge is 0.342 e. The number of alkyl halides is 6. The van der Waals surface area contributed by atoms with Crippen molar-refractivity contribution in [1.82, 2.24) is 30.0 Å². The van der Waals surface area contributed by atoms with E-state index in [1.807, 2.05) is 0 Å². The predicted octanol–water partition coefficient (Wildman–Crippen LogP) is 3.84. The van der Waals surface area contributed by atoms with E-state index in [1.165, 1.54) is 13.2 Å². The van der Waals surface area contributed by atoms with Gasteiger partial charge < -0.3 is 5.32 Å². The lowest BCUT2D eigenvalue weighted by Crippen LogP contribution is -2.29. The van der Waals surface area contributed by atoms with Crippen LogP contribution in [0, 0.1) is 0 Å². The summed E-state index contributed by atoms with van der Waals surface area (Å²) in [6.45, 7) is 2.94. The third-order valence-corrected chi connectivity index (χ3v) is 6.68. The Kier molecular flexibility index (Phi) is 7.90. The highest BCUT2D eigenvalue weighted by atomic mass is 32.2. The first kappa shape index (κ1) is 28.7. The van der Waals surface area contributed by atoms with Crippen LogP contribution < -0.4 is 5.32 Å². The molecule has 17 heteroatoms. The molecule has 1 unspecified atom stereocenters. The normalized spacial score (nSPS) is 14.4. The van der Waals surface area contributed by atoms with Gasteiger partial charge >= 0.3 is 18.3 Å². The van der Waals surface area contributed by atoms with Gasteiger partial charge in [0.1, 0.15) is 18.3 Å². The number of carbonyl (C=O) groups excluding carboxylic acids is 2. The second-order valence-corrected chi connectivity index (χ2v) is 10.6. The van der Waals surface area contributed by atoms with Gasteiger partial charge in [0.2, 0.25) is 0 Å². The summed E-state index contributed by atoms with van der Waals surface area (Å²) in [5, 5.41) is 6.22. The molecule has 204 valence electrons. The van der Waals surface area contributed by atoms with Crippen molar-refractivity contribution in [3.05, 3.63) is 65.1 Å². The van der Waals surface area contributed by atoms with Crippen LogP contribution in [0.5, 0.6) is 0 Å². The Balaban J connectivity index is 1.92. The van der Waals surface area contributed by atoms with E-state index in [0.717, 1.165) is 23.4 Å². The molecule has 0 bridgehead atoms. The lowest BCUT2D eigenvalue weighted by atomic mass is 10.0. The van der Waals surface area contributed by atoms with Gasteiger partial charge in [0.25, 0.3) is 5.91 Å². The Morgan fingerprint density at radius 2 is 1.61 bits per heavy atom. The van der Waals surface area contributed by atoms with Crippen molar-refractivity contribution in [2.45, 2.75) is 32.2 Å². The van der Waals surface area contributed by atoms with Gasteiger partial charge in [0.05, 0.1) is 26.9 Å². The second-order valence-electron chi connectivity index (χ2n) is 7.93. The van der Waals surface area contributed by atoms with Crippen LogP contribution in [-0.2, 0) is 22.1 Å².